The summed E-state index contributed by atoms with van der Waals surface area (Å²) in [7, 11) is -1.36. The fourth-order valence-corrected chi connectivity index (χ4v) is 2.02. The highest BCUT2D eigenvalue weighted by atomic mass is 32.2. The van der Waals surface area contributed by atoms with Gasteiger partial charge in [-0.15, -0.1) is 0 Å². The number of hydrogen-bond acceptors (Lipinski definition) is 4. The third kappa shape index (κ3) is 3.85. The molecule has 0 bridgehead atoms. The van der Waals surface area contributed by atoms with Crippen LogP contribution in [0.1, 0.15) is 22.7 Å². The van der Waals surface area contributed by atoms with Gasteiger partial charge in [0.05, 0.1) is 12.2 Å². The van der Waals surface area contributed by atoms with E-state index in [9.17, 15) is 13.8 Å². The van der Waals surface area contributed by atoms with Crippen LogP contribution in [0.25, 0.3) is 0 Å². The van der Waals surface area contributed by atoms with Gasteiger partial charge in [-0.05, 0) is 12.1 Å². The van der Waals surface area contributed by atoms with Crippen LogP contribution in [0.5, 0.6) is 0 Å². The number of aromatic carboxylic acids is 1. The standard InChI is InChI=1S/C9H10O6S/c10-8(11)3-4-16(14)5-6-1-2-7(15-6)9(12)13/h1-2H,3-5H2,(H,10,11)(H,12,13). The first-order valence-corrected chi connectivity index (χ1v) is 5.86. The summed E-state index contributed by atoms with van der Waals surface area (Å²) in [6, 6.07) is 2.69. The summed E-state index contributed by atoms with van der Waals surface area (Å²) in [6.07, 6.45) is -0.181. The molecule has 0 spiro atoms. The highest BCUT2D eigenvalue weighted by Crippen LogP contribution is 2.10. The number of carbonyl (C=O) groups is 2. The van der Waals surface area contributed by atoms with E-state index in [-0.39, 0.29) is 29.4 Å². The van der Waals surface area contributed by atoms with Gasteiger partial charge in [0.2, 0.25) is 5.76 Å². The summed E-state index contributed by atoms with van der Waals surface area (Å²) in [5.74, 6) is -2.09. The lowest BCUT2D eigenvalue weighted by Gasteiger charge is -1.97. The molecule has 0 amide bonds. The van der Waals surface area contributed by atoms with Crippen LogP contribution in [0, 0.1) is 0 Å². The Labute approximate surface area is 93.3 Å². The van der Waals surface area contributed by atoms with Crippen molar-refractivity contribution < 1.29 is 28.4 Å². The second-order valence-electron chi connectivity index (χ2n) is 3.00. The molecule has 7 heteroatoms. The van der Waals surface area contributed by atoms with Crippen molar-refractivity contribution in [2.45, 2.75) is 12.2 Å². The number of carboxylic acid groups (broad SMARTS) is 2. The van der Waals surface area contributed by atoms with E-state index in [1.54, 1.807) is 0 Å². The molecule has 6 nitrogen and oxygen atoms in total. The molecule has 2 N–H and O–H groups in total. The van der Waals surface area contributed by atoms with Crippen LogP contribution in [0.15, 0.2) is 16.5 Å². The topological polar surface area (TPSA) is 105 Å². The molecule has 1 aromatic rings. The van der Waals surface area contributed by atoms with Crippen LogP contribution in [-0.2, 0) is 21.3 Å². The van der Waals surface area contributed by atoms with E-state index >= 15 is 0 Å². The summed E-state index contributed by atoms with van der Waals surface area (Å²) in [6.45, 7) is 0. The first-order valence-electron chi connectivity index (χ1n) is 4.38. The highest BCUT2D eigenvalue weighted by Gasteiger charge is 2.11. The lowest BCUT2D eigenvalue weighted by molar-refractivity contribution is -0.136. The molecule has 1 rings (SSSR count). The Balaban J connectivity index is 2.49. The Morgan fingerprint density at radius 1 is 1.31 bits per heavy atom. The number of carboxylic acids is 2. The van der Waals surface area contributed by atoms with Crippen LogP contribution in [0.2, 0.25) is 0 Å². The molecule has 0 aromatic carbocycles. The van der Waals surface area contributed by atoms with Crippen LogP contribution >= 0.6 is 0 Å². The monoisotopic (exact) mass is 246 g/mol. The van der Waals surface area contributed by atoms with E-state index in [0.717, 1.165) is 0 Å². The van der Waals surface area contributed by atoms with E-state index in [0.29, 0.717) is 0 Å². The Morgan fingerprint density at radius 2 is 2.00 bits per heavy atom. The second kappa shape index (κ2) is 5.45. The van der Waals surface area contributed by atoms with Crippen molar-refractivity contribution in [3.05, 3.63) is 23.7 Å². The minimum Gasteiger partial charge on any atom is -0.481 e. The lowest BCUT2D eigenvalue weighted by atomic mass is 10.4. The average Bonchev–Trinajstić information content (AvgIpc) is 2.63. The van der Waals surface area contributed by atoms with Crippen LogP contribution in [-0.4, -0.2) is 32.1 Å². The van der Waals surface area contributed by atoms with E-state index in [2.05, 4.69) is 0 Å². The molecule has 1 aromatic heterocycles. The molecule has 1 atom stereocenters. The molecule has 1 heterocycles. The minimum absolute atomic E-state index is 0.0262. The van der Waals surface area contributed by atoms with Crippen molar-refractivity contribution in [3.8, 4) is 0 Å². The molecular weight excluding hydrogens is 236 g/mol. The van der Waals surface area contributed by atoms with Crippen molar-refractivity contribution in [2.24, 2.45) is 0 Å². The molecule has 0 saturated heterocycles. The van der Waals surface area contributed by atoms with Crippen molar-refractivity contribution in [2.75, 3.05) is 5.75 Å². The molecule has 0 aliphatic carbocycles. The molecule has 0 radical (unpaired) electrons. The fourth-order valence-electron chi connectivity index (χ4n) is 1.00. The molecular formula is C9H10O6S. The Hall–Kier alpha value is -1.63. The van der Waals surface area contributed by atoms with Gasteiger partial charge in [-0.2, -0.15) is 0 Å². The number of rotatable bonds is 6. The van der Waals surface area contributed by atoms with Gasteiger partial charge >= 0.3 is 11.9 Å². The number of furan rings is 1. The average molecular weight is 246 g/mol. The summed E-state index contributed by atoms with van der Waals surface area (Å²) < 4.78 is 16.2. The summed E-state index contributed by atoms with van der Waals surface area (Å²) in [5, 5.41) is 16.9. The van der Waals surface area contributed by atoms with Gasteiger partial charge in [0, 0.05) is 16.6 Å². The van der Waals surface area contributed by atoms with Crippen molar-refractivity contribution >= 4 is 22.7 Å². The molecule has 0 aliphatic heterocycles. The van der Waals surface area contributed by atoms with Gasteiger partial charge in [0.15, 0.2) is 0 Å². The van der Waals surface area contributed by atoms with Gasteiger partial charge in [-0.1, -0.05) is 0 Å². The highest BCUT2D eigenvalue weighted by molar-refractivity contribution is 7.84. The third-order valence-electron chi connectivity index (χ3n) is 1.72. The van der Waals surface area contributed by atoms with Gasteiger partial charge < -0.3 is 14.6 Å². The van der Waals surface area contributed by atoms with Gasteiger partial charge in [0.1, 0.15) is 5.76 Å². The molecule has 0 fully saturated rings. The van der Waals surface area contributed by atoms with Gasteiger partial charge in [-0.25, -0.2) is 4.79 Å². The number of aliphatic carboxylic acids is 1. The first kappa shape index (κ1) is 12.4. The second-order valence-corrected chi connectivity index (χ2v) is 4.58. The molecule has 0 saturated carbocycles. The zero-order valence-electron chi connectivity index (χ0n) is 8.21. The number of hydrogen-bond donors (Lipinski definition) is 2. The SMILES string of the molecule is O=C(O)CCS(=O)Cc1ccc(C(=O)O)o1. The third-order valence-corrected chi connectivity index (χ3v) is 2.99. The minimum atomic E-state index is -1.36. The van der Waals surface area contributed by atoms with Gasteiger partial charge in [0.25, 0.3) is 0 Å². The maximum Gasteiger partial charge on any atom is 0.371 e. The van der Waals surface area contributed by atoms with E-state index in [1.165, 1.54) is 12.1 Å². The maximum atomic E-state index is 11.3. The predicted molar refractivity (Wildman–Crippen MR) is 54.6 cm³/mol. The fraction of sp³-hybridized carbons (Fsp3) is 0.333. The zero-order chi connectivity index (χ0) is 12.1. The largest absolute Gasteiger partial charge is 0.481 e. The molecule has 0 aliphatic rings. The molecule has 1 unspecified atom stereocenters. The summed E-state index contributed by atoms with van der Waals surface area (Å²) in [4.78, 5) is 20.7. The Bertz CT molecular complexity index is 421. The Kier molecular flexibility index (Phi) is 4.24. The summed E-state index contributed by atoms with van der Waals surface area (Å²) >= 11 is 0. The lowest BCUT2D eigenvalue weighted by Crippen LogP contribution is -2.06. The quantitative estimate of drug-likeness (QED) is 0.765. The van der Waals surface area contributed by atoms with E-state index < -0.39 is 22.7 Å². The Morgan fingerprint density at radius 3 is 2.50 bits per heavy atom. The van der Waals surface area contributed by atoms with Crippen molar-refractivity contribution in [3.63, 3.8) is 0 Å². The molecule has 16 heavy (non-hydrogen) atoms. The van der Waals surface area contributed by atoms with E-state index in [1.807, 2.05) is 0 Å². The van der Waals surface area contributed by atoms with E-state index in [4.69, 9.17) is 14.6 Å². The summed E-state index contributed by atoms with van der Waals surface area (Å²) in [5.41, 5.74) is 0. The van der Waals surface area contributed by atoms with Crippen molar-refractivity contribution in [1.29, 1.82) is 0 Å². The predicted octanol–water partition coefficient (Wildman–Crippen LogP) is 0.701. The zero-order valence-corrected chi connectivity index (χ0v) is 9.03. The van der Waals surface area contributed by atoms with Gasteiger partial charge in [-0.3, -0.25) is 9.00 Å². The maximum absolute atomic E-state index is 11.3. The first-order chi connectivity index (χ1) is 7.49. The smallest absolute Gasteiger partial charge is 0.371 e. The van der Waals surface area contributed by atoms with Crippen LogP contribution < -0.4 is 0 Å². The van der Waals surface area contributed by atoms with Crippen LogP contribution in [0.3, 0.4) is 0 Å². The van der Waals surface area contributed by atoms with Crippen LogP contribution in [0.4, 0.5) is 0 Å². The normalized spacial score (nSPS) is 12.2. The van der Waals surface area contributed by atoms with Crippen molar-refractivity contribution in [1.82, 2.24) is 0 Å². The molecule has 88 valence electrons.